The van der Waals surface area contributed by atoms with Crippen LogP contribution in [0.15, 0.2) is 18.2 Å². The van der Waals surface area contributed by atoms with Crippen LogP contribution in [0.5, 0.6) is 0 Å². The summed E-state index contributed by atoms with van der Waals surface area (Å²) in [6.07, 6.45) is 4.51. The Morgan fingerprint density at radius 2 is 1.83 bits per heavy atom. The molecular weight excluding hydrogens is 236 g/mol. The molecule has 0 amide bonds. The molecule has 0 atom stereocenters. The molecule has 0 spiro atoms. The third kappa shape index (κ3) is 2.29. The lowest BCUT2D eigenvalue weighted by molar-refractivity contribution is 0.0729. The van der Waals surface area contributed by atoms with Crippen molar-refractivity contribution in [2.75, 3.05) is 6.54 Å². The van der Waals surface area contributed by atoms with Crippen LogP contribution in [0.3, 0.4) is 0 Å². The number of hydrogen-bond acceptors (Lipinski definition) is 2. The second-order valence-corrected chi connectivity index (χ2v) is 5.00. The van der Waals surface area contributed by atoms with Crippen LogP contribution in [-0.2, 0) is 0 Å². The smallest absolute Gasteiger partial charge is 0.170 e. The van der Waals surface area contributed by atoms with E-state index < -0.39 is 17.0 Å². The molecule has 4 heteroatoms. The summed E-state index contributed by atoms with van der Waals surface area (Å²) < 4.78 is 26.0. The minimum absolute atomic E-state index is 0.149. The fourth-order valence-electron chi connectivity index (χ4n) is 2.70. The Labute approximate surface area is 105 Å². The predicted octanol–water partition coefficient (Wildman–Crippen LogP) is 3.06. The van der Waals surface area contributed by atoms with Crippen LogP contribution in [0.2, 0.25) is 0 Å². The number of Topliss-reactive ketones (excluding diaryl/α,β-unsaturated/α-hetero) is 1. The van der Waals surface area contributed by atoms with E-state index in [1.54, 1.807) is 0 Å². The molecule has 1 aliphatic rings. The number of carbonyl (C=O) groups excluding carboxylic acids is 1. The lowest BCUT2D eigenvalue weighted by Crippen LogP contribution is -2.40. The lowest BCUT2D eigenvalue weighted by atomic mass is 9.69. The van der Waals surface area contributed by atoms with E-state index in [9.17, 15) is 13.6 Å². The predicted molar refractivity (Wildman–Crippen MR) is 65.3 cm³/mol. The Morgan fingerprint density at radius 1 is 1.17 bits per heavy atom. The highest BCUT2D eigenvalue weighted by atomic mass is 19.2. The van der Waals surface area contributed by atoms with Gasteiger partial charge in [0.25, 0.3) is 0 Å². The highest BCUT2D eigenvalue weighted by molar-refractivity contribution is 6.00. The van der Waals surface area contributed by atoms with Crippen LogP contribution >= 0.6 is 0 Å². The maximum Gasteiger partial charge on any atom is 0.170 e. The van der Waals surface area contributed by atoms with Gasteiger partial charge >= 0.3 is 0 Å². The minimum atomic E-state index is -0.983. The van der Waals surface area contributed by atoms with Crippen LogP contribution in [-0.4, -0.2) is 12.3 Å². The van der Waals surface area contributed by atoms with Gasteiger partial charge in [-0.25, -0.2) is 8.78 Å². The SMILES string of the molecule is NCC1(C(=O)c2ccc(F)c(F)c2)CCCCC1. The van der Waals surface area contributed by atoms with E-state index in [0.717, 1.165) is 44.2 Å². The Kier molecular flexibility index (Phi) is 3.76. The van der Waals surface area contributed by atoms with Gasteiger partial charge in [0, 0.05) is 17.5 Å². The summed E-state index contributed by atoms with van der Waals surface area (Å²) in [7, 11) is 0. The van der Waals surface area contributed by atoms with E-state index in [1.807, 2.05) is 0 Å². The van der Waals surface area contributed by atoms with E-state index in [-0.39, 0.29) is 17.9 Å². The first kappa shape index (κ1) is 13.1. The van der Waals surface area contributed by atoms with Crippen molar-refractivity contribution < 1.29 is 13.6 Å². The van der Waals surface area contributed by atoms with Crippen molar-refractivity contribution in [1.29, 1.82) is 0 Å². The Bertz CT molecular complexity index is 453. The van der Waals surface area contributed by atoms with Gasteiger partial charge in [0.1, 0.15) is 0 Å². The molecule has 0 aromatic heterocycles. The zero-order chi connectivity index (χ0) is 13.2. The summed E-state index contributed by atoms with van der Waals surface area (Å²) in [6.45, 7) is 0.269. The van der Waals surface area contributed by atoms with E-state index in [4.69, 9.17) is 5.73 Å². The number of hydrogen-bond donors (Lipinski definition) is 1. The van der Waals surface area contributed by atoms with Crippen molar-refractivity contribution in [3.8, 4) is 0 Å². The molecular formula is C14H17F2NO. The van der Waals surface area contributed by atoms with Gasteiger partial charge in [-0.1, -0.05) is 19.3 Å². The van der Waals surface area contributed by atoms with Gasteiger partial charge in [-0.05, 0) is 31.0 Å². The minimum Gasteiger partial charge on any atom is -0.329 e. The Hall–Kier alpha value is -1.29. The fourth-order valence-corrected chi connectivity index (χ4v) is 2.70. The van der Waals surface area contributed by atoms with E-state index in [1.165, 1.54) is 6.07 Å². The second-order valence-electron chi connectivity index (χ2n) is 5.00. The standard InChI is InChI=1S/C14H17F2NO/c15-11-5-4-10(8-12(11)16)13(18)14(9-17)6-2-1-3-7-14/h4-5,8H,1-3,6-7,9,17H2. The summed E-state index contributed by atoms with van der Waals surface area (Å²) in [5.41, 5.74) is 5.40. The van der Waals surface area contributed by atoms with Crippen LogP contribution in [0.1, 0.15) is 42.5 Å². The third-order valence-electron chi connectivity index (χ3n) is 3.86. The van der Waals surface area contributed by atoms with Crippen molar-refractivity contribution in [3.05, 3.63) is 35.4 Å². The highest BCUT2D eigenvalue weighted by Gasteiger charge is 2.38. The molecule has 0 saturated heterocycles. The molecule has 2 N–H and O–H groups in total. The summed E-state index contributed by atoms with van der Waals surface area (Å²) >= 11 is 0. The monoisotopic (exact) mass is 253 g/mol. The first-order chi connectivity index (χ1) is 8.59. The first-order valence-electron chi connectivity index (χ1n) is 6.29. The van der Waals surface area contributed by atoms with Crippen LogP contribution in [0.4, 0.5) is 8.78 Å². The maximum absolute atomic E-state index is 13.2. The van der Waals surface area contributed by atoms with Gasteiger partial charge in [0.2, 0.25) is 0 Å². The molecule has 1 saturated carbocycles. The first-order valence-corrected chi connectivity index (χ1v) is 6.29. The molecule has 0 bridgehead atoms. The van der Waals surface area contributed by atoms with Crippen molar-refractivity contribution in [2.45, 2.75) is 32.1 Å². The van der Waals surface area contributed by atoms with Crippen molar-refractivity contribution in [2.24, 2.45) is 11.1 Å². The summed E-state index contributed by atoms with van der Waals surface area (Å²) in [6, 6.07) is 3.31. The van der Waals surface area contributed by atoms with Crippen LogP contribution < -0.4 is 5.73 Å². The number of carbonyl (C=O) groups is 1. The van der Waals surface area contributed by atoms with Crippen molar-refractivity contribution in [3.63, 3.8) is 0 Å². The zero-order valence-corrected chi connectivity index (χ0v) is 10.2. The number of halogens is 2. The topological polar surface area (TPSA) is 43.1 Å². The molecule has 2 nitrogen and oxygen atoms in total. The maximum atomic E-state index is 13.2. The zero-order valence-electron chi connectivity index (χ0n) is 10.2. The fraction of sp³-hybridized carbons (Fsp3) is 0.500. The summed E-state index contributed by atoms with van der Waals surface area (Å²) in [5.74, 6) is -2.07. The molecule has 0 aliphatic heterocycles. The van der Waals surface area contributed by atoms with Gasteiger partial charge in [-0.15, -0.1) is 0 Å². The normalized spacial score (nSPS) is 18.6. The largest absolute Gasteiger partial charge is 0.329 e. The number of benzene rings is 1. The molecule has 0 heterocycles. The number of rotatable bonds is 3. The summed E-state index contributed by atoms with van der Waals surface area (Å²) in [5, 5.41) is 0. The second kappa shape index (κ2) is 5.14. The lowest BCUT2D eigenvalue weighted by Gasteiger charge is -2.34. The molecule has 98 valence electrons. The average Bonchev–Trinajstić information content (AvgIpc) is 2.42. The van der Waals surface area contributed by atoms with Crippen LogP contribution in [0, 0.1) is 17.0 Å². The van der Waals surface area contributed by atoms with Gasteiger partial charge in [-0.3, -0.25) is 4.79 Å². The number of nitrogens with two attached hydrogens (primary N) is 1. The van der Waals surface area contributed by atoms with Crippen LogP contribution in [0.25, 0.3) is 0 Å². The molecule has 0 unspecified atom stereocenters. The Morgan fingerprint density at radius 3 is 2.39 bits per heavy atom. The van der Waals surface area contributed by atoms with E-state index >= 15 is 0 Å². The van der Waals surface area contributed by atoms with Gasteiger partial charge in [-0.2, -0.15) is 0 Å². The molecule has 0 radical (unpaired) electrons. The van der Waals surface area contributed by atoms with E-state index in [0.29, 0.717) is 0 Å². The van der Waals surface area contributed by atoms with Gasteiger partial charge in [0.05, 0.1) is 0 Å². The molecule has 1 aromatic rings. The van der Waals surface area contributed by atoms with Gasteiger partial charge < -0.3 is 5.73 Å². The van der Waals surface area contributed by atoms with Gasteiger partial charge in [0.15, 0.2) is 17.4 Å². The Balaban J connectivity index is 2.30. The average molecular weight is 253 g/mol. The molecule has 18 heavy (non-hydrogen) atoms. The summed E-state index contributed by atoms with van der Waals surface area (Å²) in [4.78, 5) is 12.4. The third-order valence-corrected chi connectivity index (χ3v) is 3.86. The number of ketones is 1. The highest BCUT2D eigenvalue weighted by Crippen LogP contribution is 2.38. The van der Waals surface area contributed by atoms with E-state index in [2.05, 4.69) is 0 Å². The molecule has 1 aromatic carbocycles. The molecule has 1 fully saturated rings. The van der Waals surface area contributed by atoms with Crippen molar-refractivity contribution in [1.82, 2.24) is 0 Å². The molecule has 1 aliphatic carbocycles. The molecule has 2 rings (SSSR count). The van der Waals surface area contributed by atoms with Crippen molar-refractivity contribution >= 4 is 5.78 Å². The quantitative estimate of drug-likeness (QED) is 0.841.